The van der Waals surface area contributed by atoms with E-state index in [2.05, 4.69) is 80.7 Å². The van der Waals surface area contributed by atoms with Gasteiger partial charge < -0.3 is 5.32 Å². The Morgan fingerprint density at radius 1 is 0.950 bits per heavy atom. The minimum atomic E-state index is 0.428. The summed E-state index contributed by atoms with van der Waals surface area (Å²) in [6.07, 6.45) is 1.16. The van der Waals surface area contributed by atoms with Gasteiger partial charge in [0.25, 0.3) is 0 Å². The summed E-state index contributed by atoms with van der Waals surface area (Å²) < 4.78 is 0. The van der Waals surface area contributed by atoms with Gasteiger partial charge in [-0.15, -0.1) is 0 Å². The van der Waals surface area contributed by atoms with Crippen LogP contribution in [-0.2, 0) is 6.54 Å². The van der Waals surface area contributed by atoms with E-state index in [9.17, 15) is 0 Å². The minimum Gasteiger partial charge on any atom is -0.306 e. The number of benzene rings is 2. The fraction of sp³-hybridized carbons (Fsp3) is 0.368. The van der Waals surface area contributed by atoms with Crippen molar-refractivity contribution in [1.82, 2.24) is 5.32 Å². The first-order valence-electron chi connectivity index (χ1n) is 7.49. The lowest BCUT2D eigenvalue weighted by Crippen LogP contribution is -2.22. The Bertz CT molecular complexity index is 516. The second-order valence-corrected chi connectivity index (χ2v) is 5.96. The highest BCUT2D eigenvalue weighted by Crippen LogP contribution is 2.21. The molecule has 106 valence electrons. The molecule has 20 heavy (non-hydrogen) atoms. The van der Waals surface area contributed by atoms with Gasteiger partial charge in [-0.25, -0.2) is 0 Å². The number of aryl methyl sites for hydroxylation is 1. The van der Waals surface area contributed by atoms with E-state index in [1.807, 2.05) is 0 Å². The van der Waals surface area contributed by atoms with Crippen LogP contribution in [0, 0.1) is 12.8 Å². The van der Waals surface area contributed by atoms with Crippen LogP contribution in [0.5, 0.6) is 0 Å². The maximum atomic E-state index is 3.71. The van der Waals surface area contributed by atoms with Crippen molar-refractivity contribution in [2.24, 2.45) is 5.92 Å². The average Bonchev–Trinajstić information content (AvgIpc) is 2.44. The minimum absolute atomic E-state index is 0.428. The predicted octanol–water partition coefficient (Wildman–Crippen LogP) is 4.87. The fourth-order valence-electron chi connectivity index (χ4n) is 2.56. The van der Waals surface area contributed by atoms with Crippen LogP contribution in [0.1, 0.15) is 43.0 Å². The van der Waals surface area contributed by atoms with Gasteiger partial charge in [0.1, 0.15) is 0 Å². The summed E-state index contributed by atoms with van der Waals surface area (Å²) in [5, 5.41) is 3.71. The molecule has 2 aromatic rings. The second kappa shape index (κ2) is 7.25. The number of rotatable bonds is 6. The molecule has 2 rings (SSSR count). The van der Waals surface area contributed by atoms with E-state index in [1.165, 1.54) is 16.7 Å². The summed E-state index contributed by atoms with van der Waals surface area (Å²) in [7, 11) is 0. The third kappa shape index (κ3) is 4.50. The van der Waals surface area contributed by atoms with E-state index in [4.69, 9.17) is 0 Å². The van der Waals surface area contributed by atoms with Gasteiger partial charge in [0.05, 0.1) is 0 Å². The zero-order valence-corrected chi connectivity index (χ0v) is 12.8. The molecule has 0 saturated heterocycles. The Morgan fingerprint density at radius 3 is 2.35 bits per heavy atom. The molecule has 0 aromatic heterocycles. The van der Waals surface area contributed by atoms with Crippen molar-refractivity contribution in [1.29, 1.82) is 0 Å². The number of hydrogen-bond acceptors (Lipinski definition) is 1. The predicted molar refractivity (Wildman–Crippen MR) is 86.7 cm³/mol. The van der Waals surface area contributed by atoms with E-state index in [1.54, 1.807) is 0 Å². The Morgan fingerprint density at radius 2 is 1.70 bits per heavy atom. The molecule has 0 aliphatic carbocycles. The van der Waals surface area contributed by atoms with Crippen LogP contribution < -0.4 is 5.32 Å². The summed E-state index contributed by atoms with van der Waals surface area (Å²) in [5.74, 6) is 0.685. The highest BCUT2D eigenvalue weighted by atomic mass is 14.9. The Balaban J connectivity index is 2.05. The third-order valence-electron chi connectivity index (χ3n) is 3.54. The molecule has 2 aromatic carbocycles. The van der Waals surface area contributed by atoms with Crippen molar-refractivity contribution in [3.05, 3.63) is 71.3 Å². The molecule has 0 aliphatic rings. The van der Waals surface area contributed by atoms with Crippen LogP contribution >= 0.6 is 0 Å². The molecule has 1 heteroatoms. The van der Waals surface area contributed by atoms with Gasteiger partial charge >= 0.3 is 0 Å². The second-order valence-electron chi connectivity index (χ2n) is 5.96. The Kier molecular flexibility index (Phi) is 5.37. The molecule has 1 nitrogen and oxygen atoms in total. The van der Waals surface area contributed by atoms with E-state index >= 15 is 0 Å². The molecule has 1 unspecified atom stereocenters. The lowest BCUT2D eigenvalue weighted by atomic mass is 9.96. The molecule has 1 N–H and O–H groups in total. The molecule has 1 atom stereocenters. The largest absolute Gasteiger partial charge is 0.306 e. The van der Waals surface area contributed by atoms with Crippen LogP contribution in [0.3, 0.4) is 0 Å². The molecular formula is C19H25N. The van der Waals surface area contributed by atoms with Gasteiger partial charge in [-0.3, -0.25) is 0 Å². The molecule has 0 aliphatic heterocycles. The quantitative estimate of drug-likeness (QED) is 0.787. The van der Waals surface area contributed by atoms with Crippen molar-refractivity contribution in [3.63, 3.8) is 0 Å². The summed E-state index contributed by atoms with van der Waals surface area (Å²) in [4.78, 5) is 0. The van der Waals surface area contributed by atoms with Gasteiger partial charge in [-0.2, -0.15) is 0 Å². The maximum Gasteiger partial charge on any atom is 0.0325 e. The summed E-state index contributed by atoms with van der Waals surface area (Å²) >= 11 is 0. The van der Waals surface area contributed by atoms with Gasteiger partial charge in [0.2, 0.25) is 0 Å². The molecule has 0 saturated carbocycles. The first-order valence-corrected chi connectivity index (χ1v) is 7.49. The van der Waals surface area contributed by atoms with Gasteiger partial charge in [0, 0.05) is 12.6 Å². The summed E-state index contributed by atoms with van der Waals surface area (Å²) in [6.45, 7) is 7.63. The van der Waals surface area contributed by atoms with Crippen molar-refractivity contribution in [3.8, 4) is 0 Å². The SMILES string of the molecule is Cc1cccc(CNC(CC(C)C)c2ccccc2)c1. The molecule has 0 bridgehead atoms. The third-order valence-corrected chi connectivity index (χ3v) is 3.54. The topological polar surface area (TPSA) is 12.0 Å². The van der Waals surface area contributed by atoms with Crippen molar-refractivity contribution in [2.75, 3.05) is 0 Å². The molecule has 0 heterocycles. The monoisotopic (exact) mass is 267 g/mol. The average molecular weight is 267 g/mol. The summed E-state index contributed by atoms with van der Waals surface area (Å²) in [6, 6.07) is 19.9. The zero-order valence-electron chi connectivity index (χ0n) is 12.8. The first-order chi connectivity index (χ1) is 9.65. The van der Waals surface area contributed by atoms with Crippen LogP contribution in [0.25, 0.3) is 0 Å². The van der Waals surface area contributed by atoms with Crippen LogP contribution in [-0.4, -0.2) is 0 Å². The van der Waals surface area contributed by atoms with Gasteiger partial charge in [0.15, 0.2) is 0 Å². The van der Waals surface area contributed by atoms with Crippen molar-refractivity contribution >= 4 is 0 Å². The standard InChI is InChI=1S/C19H25N/c1-15(2)12-19(18-10-5-4-6-11-18)20-14-17-9-7-8-16(3)13-17/h4-11,13,15,19-20H,12,14H2,1-3H3. The molecule has 0 radical (unpaired) electrons. The van der Waals surface area contributed by atoms with Crippen molar-refractivity contribution in [2.45, 2.75) is 39.8 Å². The van der Waals surface area contributed by atoms with E-state index in [0.29, 0.717) is 12.0 Å². The Hall–Kier alpha value is -1.60. The molecular weight excluding hydrogens is 242 g/mol. The van der Waals surface area contributed by atoms with E-state index in [0.717, 1.165) is 13.0 Å². The Labute approximate surface area is 123 Å². The van der Waals surface area contributed by atoms with Gasteiger partial charge in [-0.1, -0.05) is 74.0 Å². The normalized spacial score (nSPS) is 12.6. The van der Waals surface area contributed by atoms with Crippen LogP contribution in [0.15, 0.2) is 54.6 Å². The van der Waals surface area contributed by atoms with Crippen LogP contribution in [0.4, 0.5) is 0 Å². The van der Waals surface area contributed by atoms with Crippen LogP contribution in [0.2, 0.25) is 0 Å². The summed E-state index contributed by atoms with van der Waals surface area (Å²) in [5.41, 5.74) is 4.06. The lowest BCUT2D eigenvalue weighted by molar-refractivity contribution is 0.428. The smallest absolute Gasteiger partial charge is 0.0325 e. The highest BCUT2D eigenvalue weighted by molar-refractivity contribution is 5.23. The molecule has 0 amide bonds. The number of hydrogen-bond donors (Lipinski definition) is 1. The maximum absolute atomic E-state index is 3.71. The highest BCUT2D eigenvalue weighted by Gasteiger charge is 2.12. The van der Waals surface area contributed by atoms with E-state index < -0.39 is 0 Å². The molecule has 0 spiro atoms. The zero-order chi connectivity index (χ0) is 14.4. The fourth-order valence-corrected chi connectivity index (χ4v) is 2.56. The number of nitrogens with one attached hydrogen (secondary N) is 1. The van der Waals surface area contributed by atoms with E-state index in [-0.39, 0.29) is 0 Å². The van der Waals surface area contributed by atoms with Gasteiger partial charge in [-0.05, 0) is 30.4 Å². The first kappa shape index (κ1) is 14.8. The lowest BCUT2D eigenvalue weighted by Gasteiger charge is -2.21. The molecule has 0 fully saturated rings. The van der Waals surface area contributed by atoms with Crippen molar-refractivity contribution < 1.29 is 0 Å².